The summed E-state index contributed by atoms with van der Waals surface area (Å²) in [7, 11) is 1.93. The molecule has 2 rings (SSSR count). The molecule has 0 aliphatic carbocycles. The zero-order valence-corrected chi connectivity index (χ0v) is 9.53. The number of nitrogens with zero attached hydrogens (tertiary/aromatic N) is 2. The molecule has 1 saturated heterocycles. The van der Waals surface area contributed by atoms with E-state index in [0.29, 0.717) is 0 Å². The van der Waals surface area contributed by atoms with Crippen molar-refractivity contribution in [3.8, 4) is 0 Å². The van der Waals surface area contributed by atoms with E-state index in [2.05, 4.69) is 28.2 Å². The first-order chi connectivity index (χ1) is 7.29. The number of rotatable bonds is 2. The highest BCUT2D eigenvalue weighted by atomic mass is 15.1. The maximum absolute atomic E-state index is 4.25. The maximum Gasteiger partial charge on any atom is 0.0573 e. The van der Waals surface area contributed by atoms with E-state index in [1.807, 2.05) is 19.4 Å². The van der Waals surface area contributed by atoms with Crippen LogP contribution in [0.3, 0.4) is 0 Å². The molecule has 3 heteroatoms. The van der Waals surface area contributed by atoms with Gasteiger partial charge in [-0.3, -0.25) is 4.98 Å². The molecule has 1 atom stereocenters. The number of hydrogen-bond acceptors (Lipinski definition) is 3. The third-order valence-electron chi connectivity index (χ3n) is 3.03. The molecule has 1 aromatic rings. The topological polar surface area (TPSA) is 28.2 Å². The molecule has 0 saturated carbocycles. The van der Waals surface area contributed by atoms with Gasteiger partial charge in [0.25, 0.3) is 0 Å². The van der Waals surface area contributed by atoms with Crippen molar-refractivity contribution in [1.29, 1.82) is 0 Å². The van der Waals surface area contributed by atoms with Gasteiger partial charge in [-0.15, -0.1) is 0 Å². The predicted octanol–water partition coefficient (Wildman–Crippen LogP) is 2.36. The van der Waals surface area contributed by atoms with Crippen LogP contribution >= 0.6 is 0 Å². The van der Waals surface area contributed by atoms with Crippen LogP contribution in [0.5, 0.6) is 0 Å². The van der Waals surface area contributed by atoms with Crippen LogP contribution < -0.4 is 10.2 Å². The van der Waals surface area contributed by atoms with Gasteiger partial charge in [0.15, 0.2) is 0 Å². The number of nitrogens with one attached hydrogen (secondary N) is 1. The lowest BCUT2D eigenvalue weighted by Gasteiger charge is -2.32. The maximum atomic E-state index is 4.25. The van der Waals surface area contributed by atoms with Gasteiger partial charge in [-0.25, -0.2) is 0 Å². The molecular formula is C12H19N3. The Labute approximate surface area is 91.5 Å². The van der Waals surface area contributed by atoms with E-state index in [9.17, 15) is 0 Å². The Balaban J connectivity index is 2.13. The normalized spacial score (nSPS) is 21.5. The first-order valence-corrected chi connectivity index (χ1v) is 5.67. The molecule has 1 aliphatic heterocycles. The van der Waals surface area contributed by atoms with Crippen LogP contribution in [0.1, 0.15) is 19.8 Å². The van der Waals surface area contributed by atoms with Crippen LogP contribution in [0.25, 0.3) is 0 Å². The molecule has 1 aromatic heterocycles. The summed E-state index contributed by atoms with van der Waals surface area (Å²) in [6.45, 7) is 4.65. The SMILES string of the molecule is CNc1cncc(N2CCCC(C)C2)c1. The molecule has 1 N–H and O–H groups in total. The minimum atomic E-state index is 0.803. The number of aromatic nitrogens is 1. The van der Waals surface area contributed by atoms with E-state index >= 15 is 0 Å². The Morgan fingerprint density at radius 3 is 3.07 bits per heavy atom. The van der Waals surface area contributed by atoms with Crippen LogP contribution in [0.15, 0.2) is 18.5 Å². The largest absolute Gasteiger partial charge is 0.387 e. The molecule has 1 aliphatic rings. The first-order valence-electron chi connectivity index (χ1n) is 5.67. The third kappa shape index (κ3) is 2.41. The van der Waals surface area contributed by atoms with E-state index in [-0.39, 0.29) is 0 Å². The molecule has 1 fully saturated rings. The second-order valence-electron chi connectivity index (χ2n) is 4.38. The summed E-state index contributed by atoms with van der Waals surface area (Å²) in [5.74, 6) is 0.803. The van der Waals surface area contributed by atoms with Crippen molar-refractivity contribution < 1.29 is 0 Å². The number of anilines is 2. The lowest BCUT2D eigenvalue weighted by molar-refractivity contribution is 0.446. The van der Waals surface area contributed by atoms with Crippen molar-refractivity contribution in [3.63, 3.8) is 0 Å². The Morgan fingerprint density at radius 2 is 2.33 bits per heavy atom. The molecule has 0 bridgehead atoms. The van der Waals surface area contributed by atoms with Crippen molar-refractivity contribution in [2.24, 2.45) is 5.92 Å². The van der Waals surface area contributed by atoms with Gasteiger partial charge in [0.05, 0.1) is 23.8 Å². The molecule has 2 heterocycles. The Kier molecular flexibility index (Phi) is 3.09. The molecule has 0 amide bonds. The Morgan fingerprint density at radius 1 is 1.47 bits per heavy atom. The molecular weight excluding hydrogens is 186 g/mol. The summed E-state index contributed by atoms with van der Waals surface area (Å²) in [5.41, 5.74) is 2.33. The lowest BCUT2D eigenvalue weighted by Crippen LogP contribution is -2.34. The highest BCUT2D eigenvalue weighted by Gasteiger charge is 2.16. The fraction of sp³-hybridized carbons (Fsp3) is 0.583. The summed E-state index contributed by atoms with van der Waals surface area (Å²) in [4.78, 5) is 6.68. The summed E-state index contributed by atoms with van der Waals surface area (Å²) in [6, 6.07) is 2.17. The smallest absolute Gasteiger partial charge is 0.0573 e. The monoisotopic (exact) mass is 205 g/mol. The van der Waals surface area contributed by atoms with E-state index in [0.717, 1.165) is 18.2 Å². The highest BCUT2D eigenvalue weighted by molar-refractivity contribution is 5.55. The average Bonchev–Trinajstić information content (AvgIpc) is 2.29. The minimum Gasteiger partial charge on any atom is -0.387 e. The summed E-state index contributed by atoms with van der Waals surface area (Å²) < 4.78 is 0. The van der Waals surface area contributed by atoms with E-state index in [1.165, 1.54) is 25.1 Å². The highest BCUT2D eigenvalue weighted by Crippen LogP contribution is 2.23. The van der Waals surface area contributed by atoms with Gasteiger partial charge in [-0.05, 0) is 24.8 Å². The van der Waals surface area contributed by atoms with Gasteiger partial charge < -0.3 is 10.2 Å². The third-order valence-corrected chi connectivity index (χ3v) is 3.03. The Bertz CT molecular complexity index is 324. The average molecular weight is 205 g/mol. The fourth-order valence-corrected chi connectivity index (χ4v) is 2.16. The van der Waals surface area contributed by atoms with Crippen LogP contribution in [0, 0.1) is 5.92 Å². The molecule has 3 nitrogen and oxygen atoms in total. The van der Waals surface area contributed by atoms with E-state index in [1.54, 1.807) is 0 Å². The van der Waals surface area contributed by atoms with Crippen LogP contribution in [-0.2, 0) is 0 Å². The van der Waals surface area contributed by atoms with Crippen molar-refractivity contribution in [2.75, 3.05) is 30.4 Å². The Hall–Kier alpha value is -1.25. The second-order valence-corrected chi connectivity index (χ2v) is 4.38. The van der Waals surface area contributed by atoms with E-state index < -0.39 is 0 Å². The minimum absolute atomic E-state index is 0.803. The van der Waals surface area contributed by atoms with Crippen molar-refractivity contribution in [1.82, 2.24) is 4.98 Å². The summed E-state index contributed by atoms with van der Waals surface area (Å²) in [6.07, 6.45) is 6.47. The zero-order valence-electron chi connectivity index (χ0n) is 9.53. The van der Waals surface area contributed by atoms with Crippen molar-refractivity contribution >= 4 is 11.4 Å². The first kappa shape index (κ1) is 10.3. The standard InChI is InChI=1S/C12H19N3/c1-10-4-3-5-15(9-10)12-6-11(13-2)7-14-8-12/h6-8,10,13H,3-5,9H2,1-2H3. The molecule has 15 heavy (non-hydrogen) atoms. The van der Waals surface area contributed by atoms with Crippen molar-refractivity contribution in [2.45, 2.75) is 19.8 Å². The van der Waals surface area contributed by atoms with Gasteiger partial charge in [-0.2, -0.15) is 0 Å². The van der Waals surface area contributed by atoms with Crippen molar-refractivity contribution in [3.05, 3.63) is 18.5 Å². The van der Waals surface area contributed by atoms with E-state index in [4.69, 9.17) is 0 Å². The van der Waals surface area contributed by atoms with Crippen LogP contribution in [-0.4, -0.2) is 25.1 Å². The van der Waals surface area contributed by atoms with Crippen LogP contribution in [0.4, 0.5) is 11.4 Å². The van der Waals surface area contributed by atoms with Gasteiger partial charge >= 0.3 is 0 Å². The lowest BCUT2D eigenvalue weighted by atomic mass is 10.00. The van der Waals surface area contributed by atoms with Crippen LogP contribution in [0.2, 0.25) is 0 Å². The number of hydrogen-bond donors (Lipinski definition) is 1. The quantitative estimate of drug-likeness (QED) is 0.803. The molecule has 0 radical (unpaired) electrons. The van der Waals surface area contributed by atoms with Gasteiger partial charge in [0, 0.05) is 20.1 Å². The van der Waals surface area contributed by atoms with Gasteiger partial charge in [-0.1, -0.05) is 6.92 Å². The number of pyridine rings is 1. The van der Waals surface area contributed by atoms with Gasteiger partial charge in [0.1, 0.15) is 0 Å². The number of piperidine rings is 1. The molecule has 82 valence electrons. The molecule has 0 aromatic carbocycles. The zero-order chi connectivity index (χ0) is 10.7. The van der Waals surface area contributed by atoms with Gasteiger partial charge in [0.2, 0.25) is 0 Å². The molecule has 1 unspecified atom stereocenters. The predicted molar refractivity (Wildman–Crippen MR) is 64.4 cm³/mol. The second kappa shape index (κ2) is 4.51. The summed E-state index contributed by atoms with van der Waals surface area (Å²) >= 11 is 0. The molecule has 0 spiro atoms. The fourth-order valence-electron chi connectivity index (χ4n) is 2.16. The summed E-state index contributed by atoms with van der Waals surface area (Å²) in [5, 5.41) is 3.13.